The number of nitrogens with zero attached hydrogens (tertiary/aromatic N) is 4. The largest absolute Gasteiger partial charge is 0.497 e. The first-order chi connectivity index (χ1) is 14.7. The Kier molecular flexibility index (Phi) is 5.01. The minimum Gasteiger partial charge on any atom is -0.497 e. The number of benzene rings is 2. The Labute approximate surface area is 176 Å². The van der Waals surface area contributed by atoms with Gasteiger partial charge in [0, 0.05) is 30.8 Å². The maximum atomic E-state index is 5.76. The summed E-state index contributed by atoms with van der Waals surface area (Å²) in [6, 6.07) is 15.0. The molecule has 4 aromatic rings. The van der Waals surface area contributed by atoms with Gasteiger partial charge in [0.05, 0.1) is 30.2 Å². The van der Waals surface area contributed by atoms with Crippen molar-refractivity contribution in [2.75, 3.05) is 13.7 Å². The van der Waals surface area contributed by atoms with E-state index in [1.165, 1.54) is 18.4 Å². The van der Waals surface area contributed by atoms with Crippen LogP contribution in [0.1, 0.15) is 31.0 Å². The van der Waals surface area contributed by atoms with Crippen LogP contribution in [0.2, 0.25) is 0 Å². The van der Waals surface area contributed by atoms with E-state index in [1.54, 1.807) is 13.4 Å². The summed E-state index contributed by atoms with van der Waals surface area (Å²) in [6.07, 6.45) is 6.21. The van der Waals surface area contributed by atoms with Crippen molar-refractivity contribution >= 4 is 11.0 Å². The highest BCUT2D eigenvalue weighted by Gasteiger charge is 2.21. The van der Waals surface area contributed by atoms with Gasteiger partial charge in [-0.25, -0.2) is 9.97 Å². The van der Waals surface area contributed by atoms with Gasteiger partial charge in [-0.15, -0.1) is 0 Å². The molecule has 0 unspecified atom stereocenters. The van der Waals surface area contributed by atoms with Gasteiger partial charge in [-0.05, 0) is 56.1 Å². The number of rotatable bonds is 6. The summed E-state index contributed by atoms with van der Waals surface area (Å²) < 4.78 is 13.2. The number of methoxy groups -OCH3 is 1. The molecule has 2 aromatic heterocycles. The summed E-state index contributed by atoms with van der Waals surface area (Å²) in [4.78, 5) is 11.7. The fraction of sp³-hybridized carbons (Fsp3) is 0.333. The molecule has 1 atom stereocenters. The number of likely N-dealkylation sites (tertiary alicyclic amines) is 1. The molecular weight excluding hydrogens is 376 g/mol. The summed E-state index contributed by atoms with van der Waals surface area (Å²) >= 11 is 0. The van der Waals surface area contributed by atoms with Crippen LogP contribution in [0.4, 0.5) is 0 Å². The molecule has 0 N–H and O–H groups in total. The fourth-order valence-corrected chi connectivity index (χ4v) is 4.19. The molecule has 0 saturated carbocycles. The van der Waals surface area contributed by atoms with Crippen molar-refractivity contribution in [1.29, 1.82) is 0 Å². The van der Waals surface area contributed by atoms with Gasteiger partial charge >= 0.3 is 0 Å². The highest BCUT2D eigenvalue weighted by Crippen LogP contribution is 2.24. The van der Waals surface area contributed by atoms with Crippen LogP contribution in [0.25, 0.3) is 22.5 Å². The van der Waals surface area contributed by atoms with Crippen molar-refractivity contribution in [2.24, 2.45) is 0 Å². The lowest BCUT2D eigenvalue weighted by Gasteiger charge is -2.18. The minimum atomic E-state index is 0.629. The maximum absolute atomic E-state index is 5.76. The van der Waals surface area contributed by atoms with Gasteiger partial charge in [0.25, 0.3) is 0 Å². The second kappa shape index (κ2) is 7.95. The van der Waals surface area contributed by atoms with Crippen molar-refractivity contribution in [3.05, 3.63) is 66.3 Å². The molecule has 0 bridgehead atoms. The van der Waals surface area contributed by atoms with Crippen LogP contribution >= 0.6 is 0 Å². The summed E-state index contributed by atoms with van der Waals surface area (Å²) in [7, 11) is 1.67. The molecule has 6 nitrogen and oxygen atoms in total. The van der Waals surface area contributed by atoms with E-state index in [4.69, 9.17) is 14.1 Å². The van der Waals surface area contributed by atoms with Crippen LogP contribution in [0, 0.1) is 0 Å². The number of hydrogen-bond acceptors (Lipinski definition) is 5. The molecule has 1 fully saturated rings. The van der Waals surface area contributed by atoms with Crippen LogP contribution < -0.4 is 4.74 Å². The van der Waals surface area contributed by atoms with Crippen molar-refractivity contribution < 1.29 is 9.15 Å². The van der Waals surface area contributed by atoms with Crippen LogP contribution in [-0.2, 0) is 13.1 Å². The number of imidazole rings is 1. The summed E-state index contributed by atoms with van der Waals surface area (Å²) in [5.74, 6) is 1.50. The Morgan fingerprint density at radius 1 is 1.13 bits per heavy atom. The zero-order chi connectivity index (χ0) is 20.5. The molecule has 1 aliphatic rings. The molecule has 6 heteroatoms. The lowest BCUT2D eigenvalue weighted by molar-refractivity contribution is 0.257. The van der Waals surface area contributed by atoms with Gasteiger partial charge in [0.2, 0.25) is 5.89 Å². The highest BCUT2D eigenvalue weighted by atomic mass is 16.5. The highest BCUT2D eigenvalue weighted by molar-refractivity contribution is 5.77. The minimum absolute atomic E-state index is 0.629. The number of aromatic nitrogens is 3. The monoisotopic (exact) mass is 402 g/mol. The van der Waals surface area contributed by atoms with E-state index < -0.39 is 0 Å². The summed E-state index contributed by atoms with van der Waals surface area (Å²) in [5.41, 5.74) is 5.23. The standard InChI is InChI=1S/C24H26N4O2/c1-17-4-3-11-27(17)14-20-15-30-24(26-20)19-7-5-18(6-8-19)13-28-16-25-22-12-21(29-2)9-10-23(22)28/h5-10,12,15-17H,3-4,11,13-14H2,1-2H3/t17-/m0/s1. The lowest BCUT2D eigenvalue weighted by Crippen LogP contribution is -2.26. The number of oxazole rings is 1. The topological polar surface area (TPSA) is 56.3 Å². The maximum Gasteiger partial charge on any atom is 0.226 e. The zero-order valence-electron chi connectivity index (χ0n) is 17.4. The molecule has 1 aliphatic heterocycles. The number of fused-ring (bicyclic) bond motifs is 1. The van der Waals surface area contributed by atoms with Crippen LogP contribution in [0.5, 0.6) is 5.75 Å². The average Bonchev–Trinajstić information content (AvgIpc) is 3.50. The van der Waals surface area contributed by atoms with Crippen LogP contribution in [0.15, 0.2) is 59.5 Å². The third-order valence-corrected chi connectivity index (χ3v) is 5.99. The van der Waals surface area contributed by atoms with Gasteiger partial charge in [-0.1, -0.05) is 12.1 Å². The molecule has 3 heterocycles. The molecule has 0 radical (unpaired) electrons. The fourth-order valence-electron chi connectivity index (χ4n) is 4.19. The van der Waals surface area contributed by atoms with Crippen molar-refractivity contribution in [3.8, 4) is 17.2 Å². The van der Waals surface area contributed by atoms with Gasteiger partial charge < -0.3 is 13.7 Å². The number of hydrogen-bond donors (Lipinski definition) is 0. The second-order valence-electron chi connectivity index (χ2n) is 8.03. The quantitative estimate of drug-likeness (QED) is 0.467. The van der Waals surface area contributed by atoms with E-state index in [0.29, 0.717) is 11.9 Å². The van der Waals surface area contributed by atoms with Gasteiger partial charge in [0.15, 0.2) is 0 Å². The van der Waals surface area contributed by atoms with Gasteiger partial charge in [-0.2, -0.15) is 0 Å². The van der Waals surface area contributed by atoms with Crippen LogP contribution in [0.3, 0.4) is 0 Å². The first kappa shape index (κ1) is 18.9. The van der Waals surface area contributed by atoms with Gasteiger partial charge in [0.1, 0.15) is 12.0 Å². The molecule has 2 aromatic carbocycles. The first-order valence-electron chi connectivity index (χ1n) is 10.5. The van der Waals surface area contributed by atoms with E-state index >= 15 is 0 Å². The predicted molar refractivity (Wildman–Crippen MR) is 116 cm³/mol. The molecule has 30 heavy (non-hydrogen) atoms. The third kappa shape index (κ3) is 3.71. The van der Waals surface area contributed by atoms with E-state index in [-0.39, 0.29) is 0 Å². The third-order valence-electron chi connectivity index (χ3n) is 5.99. The van der Waals surface area contributed by atoms with Crippen molar-refractivity contribution in [1.82, 2.24) is 19.4 Å². The Hall–Kier alpha value is -3.12. The van der Waals surface area contributed by atoms with E-state index in [0.717, 1.165) is 47.7 Å². The Balaban J connectivity index is 1.29. The Morgan fingerprint density at radius 3 is 2.77 bits per heavy atom. The molecule has 5 rings (SSSR count). The molecule has 0 spiro atoms. The predicted octanol–water partition coefficient (Wildman–Crippen LogP) is 4.73. The molecule has 154 valence electrons. The SMILES string of the molecule is COc1ccc2c(c1)ncn2Cc1ccc(-c2nc(CN3CCC[C@@H]3C)co2)cc1. The average molecular weight is 402 g/mol. The molecule has 0 amide bonds. The second-order valence-corrected chi connectivity index (χ2v) is 8.03. The van der Waals surface area contributed by atoms with Crippen molar-refractivity contribution in [2.45, 2.75) is 38.9 Å². The molecule has 0 aliphatic carbocycles. The normalized spacial score (nSPS) is 17.1. The van der Waals surface area contributed by atoms with Crippen molar-refractivity contribution in [3.63, 3.8) is 0 Å². The molecular formula is C24H26N4O2. The summed E-state index contributed by atoms with van der Waals surface area (Å²) in [6.45, 7) is 5.05. The summed E-state index contributed by atoms with van der Waals surface area (Å²) in [5, 5.41) is 0. The smallest absolute Gasteiger partial charge is 0.226 e. The van der Waals surface area contributed by atoms with E-state index in [9.17, 15) is 0 Å². The lowest BCUT2D eigenvalue weighted by atomic mass is 10.1. The Morgan fingerprint density at radius 2 is 2.00 bits per heavy atom. The van der Waals surface area contributed by atoms with Crippen LogP contribution in [-0.4, -0.2) is 39.1 Å². The van der Waals surface area contributed by atoms with Gasteiger partial charge in [-0.3, -0.25) is 4.90 Å². The van der Waals surface area contributed by atoms with E-state index in [1.807, 2.05) is 24.5 Å². The Bertz CT molecular complexity index is 1150. The van der Waals surface area contributed by atoms with E-state index in [2.05, 4.69) is 45.6 Å². The zero-order valence-corrected chi connectivity index (χ0v) is 17.4. The molecule has 1 saturated heterocycles. The first-order valence-corrected chi connectivity index (χ1v) is 10.5. The number of ether oxygens (including phenoxy) is 1.